The number of piperidine rings is 1. The van der Waals surface area contributed by atoms with Crippen LogP contribution in [0.5, 0.6) is 0 Å². The van der Waals surface area contributed by atoms with E-state index >= 15 is 0 Å². The Morgan fingerprint density at radius 1 is 1.55 bits per heavy atom. The van der Waals surface area contributed by atoms with Crippen molar-refractivity contribution < 1.29 is 14.0 Å². The molecule has 1 aliphatic rings. The smallest absolute Gasteiger partial charge is 0.257 e. The Labute approximate surface area is 118 Å². The molecular weight excluding hydrogens is 258 g/mol. The average Bonchev–Trinajstić information content (AvgIpc) is 2.90. The van der Waals surface area contributed by atoms with E-state index in [1.807, 2.05) is 0 Å². The number of nitrogens with one attached hydrogen (secondary N) is 1. The molecule has 0 aromatic carbocycles. The zero-order chi connectivity index (χ0) is 14.5. The SMILES string of the molecule is Cc1occc1C(=O)N1CCCC(C(=O)NCCN)C1. The summed E-state index contributed by atoms with van der Waals surface area (Å²) in [6, 6.07) is 1.68. The largest absolute Gasteiger partial charge is 0.469 e. The zero-order valence-electron chi connectivity index (χ0n) is 11.7. The maximum Gasteiger partial charge on any atom is 0.257 e. The molecule has 2 heterocycles. The number of nitrogens with two attached hydrogens (primary N) is 1. The maximum atomic E-state index is 12.4. The third kappa shape index (κ3) is 3.19. The molecule has 0 spiro atoms. The van der Waals surface area contributed by atoms with Gasteiger partial charge in [-0.3, -0.25) is 9.59 Å². The van der Waals surface area contributed by atoms with Crippen LogP contribution < -0.4 is 11.1 Å². The van der Waals surface area contributed by atoms with Crippen LogP contribution in [-0.2, 0) is 4.79 Å². The van der Waals surface area contributed by atoms with Crippen molar-refractivity contribution in [3.8, 4) is 0 Å². The summed E-state index contributed by atoms with van der Waals surface area (Å²) in [5, 5.41) is 2.79. The van der Waals surface area contributed by atoms with Crippen LogP contribution in [0.25, 0.3) is 0 Å². The number of hydrogen-bond donors (Lipinski definition) is 2. The first-order chi connectivity index (χ1) is 9.63. The van der Waals surface area contributed by atoms with Crippen molar-refractivity contribution in [1.82, 2.24) is 10.2 Å². The minimum absolute atomic E-state index is 0.0168. The molecule has 3 N–H and O–H groups in total. The highest BCUT2D eigenvalue weighted by atomic mass is 16.3. The predicted octanol–water partition coefficient (Wildman–Crippen LogP) is 0.515. The van der Waals surface area contributed by atoms with Crippen LogP contribution in [0.3, 0.4) is 0 Å². The molecule has 2 amide bonds. The molecule has 0 aliphatic carbocycles. The summed E-state index contributed by atoms with van der Waals surface area (Å²) < 4.78 is 5.16. The Hall–Kier alpha value is -1.82. The number of aryl methyl sites for hydroxylation is 1. The van der Waals surface area contributed by atoms with Gasteiger partial charge in [0.05, 0.1) is 17.7 Å². The maximum absolute atomic E-state index is 12.4. The molecule has 1 unspecified atom stereocenters. The Morgan fingerprint density at radius 3 is 3.00 bits per heavy atom. The van der Waals surface area contributed by atoms with Gasteiger partial charge in [0.1, 0.15) is 5.76 Å². The summed E-state index contributed by atoms with van der Waals surface area (Å²) in [7, 11) is 0. The van der Waals surface area contributed by atoms with Gasteiger partial charge in [-0.1, -0.05) is 0 Å². The minimum Gasteiger partial charge on any atom is -0.469 e. The average molecular weight is 279 g/mol. The van der Waals surface area contributed by atoms with Gasteiger partial charge >= 0.3 is 0 Å². The molecule has 1 aromatic heterocycles. The lowest BCUT2D eigenvalue weighted by atomic mass is 9.96. The highest BCUT2D eigenvalue weighted by Gasteiger charge is 2.29. The van der Waals surface area contributed by atoms with E-state index in [-0.39, 0.29) is 17.7 Å². The highest BCUT2D eigenvalue weighted by Crippen LogP contribution is 2.20. The molecule has 1 saturated heterocycles. The van der Waals surface area contributed by atoms with E-state index in [1.54, 1.807) is 17.9 Å². The second-order valence-corrected chi connectivity index (χ2v) is 5.06. The van der Waals surface area contributed by atoms with E-state index in [0.717, 1.165) is 12.8 Å². The Kier molecular flexibility index (Phi) is 4.79. The first-order valence-corrected chi connectivity index (χ1v) is 6.94. The molecule has 6 heteroatoms. The first-order valence-electron chi connectivity index (χ1n) is 6.94. The predicted molar refractivity (Wildman–Crippen MR) is 74.1 cm³/mol. The van der Waals surface area contributed by atoms with Gasteiger partial charge in [0.2, 0.25) is 5.91 Å². The second kappa shape index (κ2) is 6.56. The van der Waals surface area contributed by atoms with Crippen molar-refractivity contribution in [2.75, 3.05) is 26.2 Å². The lowest BCUT2D eigenvalue weighted by molar-refractivity contribution is -0.126. The third-order valence-corrected chi connectivity index (χ3v) is 3.61. The van der Waals surface area contributed by atoms with E-state index in [0.29, 0.717) is 37.5 Å². The minimum atomic E-state index is -0.147. The lowest BCUT2D eigenvalue weighted by Crippen LogP contribution is -2.46. The van der Waals surface area contributed by atoms with Crippen molar-refractivity contribution in [2.45, 2.75) is 19.8 Å². The quantitative estimate of drug-likeness (QED) is 0.840. The van der Waals surface area contributed by atoms with Crippen LogP contribution in [0.4, 0.5) is 0 Å². The summed E-state index contributed by atoms with van der Waals surface area (Å²) in [6.45, 7) is 3.81. The van der Waals surface area contributed by atoms with Gasteiger partial charge in [-0.25, -0.2) is 0 Å². The number of hydrogen-bond acceptors (Lipinski definition) is 4. The van der Waals surface area contributed by atoms with Crippen molar-refractivity contribution >= 4 is 11.8 Å². The molecule has 0 saturated carbocycles. The van der Waals surface area contributed by atoms with E-state index in [2.05, 4.69) is 5.32 Å². The van der Waals surface area contributed by atoms with Gasteiger partial charge in [0, 0.05) is 26.2 Å². The molecular formula is C14H21N3O3. The van der Waals surface area contributed by atoms with Gasteiger partial charge in [0.15, 0.2) is 0 Å². The number of rotatable bonds is 4. The fourth-order valence-corrected chi connectivity index (χ4v) is 2.49. The fourth-order valence-electron chi connectivity index (χ4n) is 2.49. The molecule has 20 heavy (non-hydrogen) atoms. The molecule has 0 bridgehead atoms. The lowest BCUT2D eigenvalue weighted by Gasteiger charge is -2.32. The summed E-state index contributed by atoms with van der Waals surface area (Å²) in [5.74, 6) is 0.389. The fraction of sp³-hybridized carbons (Fsp3) is 0.571. The summed E-state index contributed by atoms with van der Waals surface area (Å²) in [4.78, 5) is 26.1. The van der Waals surface area contributed by atoms with Crippen LogP contribution >= 0.6 is 0 Å². The number of carbonyl (C=O) groups excluding carboxylic acids is 2. The van der Waals surface area contributed by atoms with E-state index in [1.165, 1.54) is 6.26 Å². The van der Waals surface area contributed by atoms with Crippen LogP contribution in [0.1, 0.15) is 29.0 Å². The summed E-state index contributed by atoms with van der Waals surface area (Å²) in [6.07, 6.45) is 3.16. The third-order valence-electron chi connectivity index (χ3n) is 3.61. The Balaban J connectivity index is 1.98. The van der Waals surface area contributed by atoms with E-state index in [9.17, 15) is 9.59 Å². The molecule has 1 aliphatic heterocycles. The van der Waals surface area contributed by atoms with E-state index < -0.39 is 0 Å². The molecule has 1 aromatic rings. The topological polar surface area (TPSA) is 88.6 Å². The molecule has 0 radical (unpaired) electrons. The standard InChI is InChI=1S/C14H21N3O3/c1-10-12(4-8-20-10)14(19)17-7-2-3-11(9-17)13(18)16-6-5-15/h4,8,11H,2-3,5-7,9,15H2,1H3,(H,16,18). The van der Waals surface area contributed by atoms with Gasteiger partial charge in [-0.15, -0.1) is 0 Å². The first kappa shape index (κ1) is 14.6. The van der Waals surface area contributed by atoms with Gasteiger partial charge in [0.25, 0.3) is 5.91 Å². The van der Waals surface area contributed by atoms with Crippen LogP contribution in [0.2, 0.25) is 0 Å². The van der Waals surface area contributed by atoms with Crippen LogP contribution in [-0.4, -0.2) is 42.9 Å². The van der Waals surface area contributed by atoms with Crippen LogP contribution in [0.15, 0.2) is 16.7 Å². The van der Waals surface area contributed by atoms with Crippen molar-refractivity contribution in [3.05, 3.63) is 23.7 Å². The second-order valence-electron chi connectivity index (χ2n) is 5.06. The highest BCUT2D eigenvalue weighted by molar-refractivity contribution is 5.95. The van der Waals surface area contributed by atoms with Gasteiger partial charge in [-0.05, 0) is 25.8 Å². The molecule has 1 fully saturated rings. The monoisotopic (exact) mass is 279 g/mol. The van der Waals surface area contributed by atoms with Crippen molar-refractivity contribution in [2.24, 2.45) is 11.7 Å². The van der Waals surface area contributed by atoms with E-state index in [4.69, 9.17) is 10.2 Å². The van der Waals surface area contributed by atoms with Gasteiger partial charge in [-0.2, -0.15) is 0 Å². The molecule has 2 rings (SSSR count). The number of furan rings is 1. The molecule has 6 nitrogen and oxygen atoms in total. The number of likely N-dealkylation sites (tertiary alicyclic amines) is 1. The normalized spacial score (nSPS) is 18.9. The zero-order valence-corrected chi connectivity index (χ0v) is 11.7. The number of nitrogens with zero attached hydrogens (tertiary/aromatic N) is 1. The Morgan fingerprint density at radius 2 is 2.35 bits per heavy atom. The van der Waals surface area contributed by atoms with Gasteiger partial charge < -0.3 is 20.4 Å². The number of carbonyl (C=O) groups is 2. The summed E-state index contributed by atoms with van der Waals surface area (Å²) in [5.41, 5.74) is 5.95. The summed E-state index contributed by atoms with van der Waals surface area (Å²) >= 11 is 0. The van der Waals surface area contributed by atoms with Crippen molar-refractivity contribution in [1.29, 1.82) is 0 Å². The Bertz CT molecular complexity index is 484. The molecule has 1 atom stereocenters. The molecule has 110 valence electrons. The van der Waals surface area contributed by atoms with Crippen molar-refractivity contribution in [3.63, 3.8) is 0 Å². The van der Waals surface area contributed by atoms with Crippen LogP contribution in [0, 0.1) is 12.8 Å². The number of amides is 2.